The standard InChI is InChI=1S/C20H19NO7S/c1-2-17(22)14-7-9-15(10-8-14)28-13-19(23)27-12-11-21-20(24)16-5-3-4-6-18(16)29(21,25)26/h3-10H,2,11-13H2,1H3. The number of hydrogen-bond donors (Lipinski definition) is 0. The van der Waals surface area contributed by atoms with E-state index in [1.54, 1.807) is 37.3 Å². The van der Waals surface area contributed by atoms with Gasteiger partial charge < -0.3 is 9.47 Å². The molecule has 0 fully saturated rings. The van der Waals surface area contributed by atoms with Gasteiger partial charge in [-0.2, -0.15) is 0 Å². The summed E-state index contributed by atoms with van der Waals surface area (Å²) in [4.78, 5) is 35.6. The van der Waals surface area contributed by atoms with Gasteiger partial charge in [0.05, 0.1) is 12.1 Å². The highest BCUT2D eigenvalue weighted by Crippen LogP contribution is 2.29. The number of hydrogen-bond acceptors (Lipinski definition) is 7. The lowest BCUT2D eigenvalue weighted by molar-refractivity contribution is -0.146. The molecule has 9 heteroatoms. The number of nitrogens with zero attached hydrogens (tertiary/aromatic N) is 1. The summed E-state index contributed by atoms with van der Waals surface area (Å²) in [6.07, 6.45) is 0.396. The summed E-state index contributed by atoms with van der Waals surface area (Å²) in [5.74, 6) is -0.957. The summed E-state index contributed by atoms with van der Waals surface area (Å²) in [5.41, 5.74) is 0.659. The van der Waals surface area contributed by atoms with Crippen molar-refractivity contribution in [3.8, 4) is 5.75 Å². The van der Waals surface area contributed by atoms with Crippen molar-refractivity contribution in [1.29, 1.82) is 0 Å². The van der Waals surface area contributed by atoms with Gasteiger partial charge in [0.15, 0.2) is 12.4 Å². The summed E-state index contributed by atoms with van der Waals surface area (Å²) < 4.78 is 35.7. The molecule has 0 N–H and O–H groups in total. The second-order valence-electron chi connectivity index (χ2n) is 6.19. The van der Waals surface area contributed by atoms with Gasteiger partial charge in [0.25, 0.3) is 15.9 Å². The van der Waals surface area contributed by atoms with E-state index in [-0.39, 0.29) is 36.0 Å². The first-order valence-corrected chi connectivity index (χ1v) is 10.4. The number of amides is 1. The van der Waals surface area contributed by atoms with Crippen LogP contribution in [-0.2, 0) is 19.6 Å². The Hall–Kier alpha value is -3.20. The zero-order valence-corrected chi connectivity index (χ0v) is 16.5. The number of rotatable bonds is 8. The molecule has 0 spiro atoms. The molecule has 0 bridgehead atoms. The van der Waals surface area contributed by atoms with E-state index in [9.17, 15) is 22.8 Å². The molecule has 0 aliphatic carbocycles. The molecule has 3 rings (SSSR count). The topological polar surface area (TPSA) is 107 Å². The Balaban J connectivity index is 1.48. The van der Waals surface area contributed by atoms with Gasteiger partial charge in [0.2, 0.25) is 0 Å². The number of Topliss-reactive ketones (excluding diaryl/α,β-unsaturated/α-hetero) is 1. The molecule has 1 heterocycles. The van der Waals surface area contributed by atoms with E-state index >= 15 is 0 Å². The maximum absolute atomic E-state index is 12.4. The minimum absolute atomic E-state index is 0.00419. The molecular formula is C20H19NO7S. The minimum Gasteiger partial charge on any atom is -0.482 e. The molecule has 0 unspecified atom stereocenters. The van der Waals surface area contributed by atoms with Crippen LogP contribution in [0.25, 0.3) is 0 Å². The molecule has 1 aliphatic heterocycles. The lowest BCUT2D eigenvalue weighted by Crippen LogP contribution is -2.34. The SMILES string of the molecule is CCC(=O)c1ccc(OCC(=O)OCCN2C(=O)c3ccccc3S2(=O)=O)cc1. The van der Waals surface area contributed by atoms with Crippen LogP contribution in [0.5, 0.6) is 5.75 Å². The van der Waals surface area contributed by atoms with Crippen molar-refractivity contribution in [3.63, 3.8) is 0 Å². The molecule has 1 aliphatic rings. The number of esters is 1. The average molecular weight is 417 g/mol. The summed E-state index contributed by atoms with van der Waals surface area (Å²) in [6.45, 7) is 0.810. The van der Waals surface area contributed by atoms with E-state index in [1.807, 2.05) is 0 Å². The molecule has 2 aromatic rings. The number of carbonyl (C=O) groups excluding carboxylic acids is 3. The molecule has 0 radical (unpaired) electrons. The second-order valence-corrected chi connectivity index (χ2v) is 8.02. The van der Waals surface area contributed by atoms with Crippen LogP contribution in [0.4, 0.5) is 0 Å². The molecule has 1 amide bonds. The number of benzene rings is 2. The van der Waals surface area contributed by atoms with Crippen LogP contribution in [0.15, 0.2) is 53.4 Å². The van der Waals surface area contributed by atoms with Crippen LogP contribution in [0.2, 0.25) is 0 Å². The van der Waals surface area contributed by atoms with Gasteiger partial charge in [-0.05, 0) is 36.4 Å². The third-order valence-electron chi connectivity index (χ3n) is 4.32. The predicted octanol–water partition coefficient (Wildman–Crippen LogP) is 2.05. The van der Waals surface area contributed by atoms with Crippen molar-refractivity contribution >= 4 is 27.7 Å². The van der Waals surface area contributed by atoms with Gasteiger partial charge in [-0.1, -0.05) is 19.1 Å². The monoisotopic (exact) mass is 417 g/mol. The largest absolute Gasteiger partial charge is 0.482 e. The molecule has 0 atom stereocenters. The molecule has 8 nitrogen and oxygen atoms in total. The lowest BCUT2D eigenvalue weighted by Gasteiger charge is -2.15. The van der Waals surface area contributed by atoms with Crippen LogP contribution >= 0.6 is 0 Å². The fraction of sp³-hybridized carbons (Fsp3) is 0.250. The number of ketones is 1. The molecule has 152 valence electrons. The maximum atomic E-state index is 12.4. The van der Waals surface area contributed by atoms with E-state index in [4.69, 9.17) is 9.47 Å². The highest BCUT2D eigenvalue weighted by atomic mass is 32.2. The summed E-state index contributed by atoms with van der Waals surface area (Å²) in [5, 5.41) is 0. The van der Waals surface area contributed by atoms with Crippen molar-refractivity contribution in [3.05, 3.63) is 59.7 Å². The first kappa shape index (κ1) is 20.5. The Kier molecular flexibility index (Phi) is 5.97. The molecule has 2 aromatic carbocycles. The Morgan fingerprint density at radius 3 is 2.38 bits per heavy atom. The predicted molar refractivity (Wildman–Crippen MR) is 102 cm³/mol. The van der Waals surface area contributed by atoms with Crippen molar-refractivity contribution < 1.29 is 32.3 Å². The Bertz CT molecular complexity index is 1040. The van der Waals surface area contributed by atoms with Gasteiger partial charge in [-0.15, -0.1) is 0 Å². The normalized spacial score (nSPS) is 14.4. The van der Waals surface area contributed by atoms with Crippen molar-refractivity contribution in [1.82, 2.24) is 4.31 Å². The second kappa shape index (κ2) is 8.44. The molecule has 0 aromatic heterocycles. The van der Waals surface area contributed by atoms with E-state index in [0.29, 0.717) is 22.0 Å². The number of carbonyl (C=O) groups is 3. The first-order chi connectivity index (χ1) is 13.8. The van der Waals surface area contributed by atoms with Gasteiger partial charge >= 0.3 is 5.97 Å². The molecule has 29 heavy (non-hydrogen) atoms. The maximum Gasteiger partial charge on any atom is 0.344 e. The van der Waals surface area contributed by atoms with Gasteiger partial charge in [0.1, 0.15) is 17.3 Å². The fourth-order valence-electron chi connectivity index (χ4n) is 2.82. The summed E-state index contributed by atoms with van der Waals surface area (Å²) in [7, 11) is -3.93. The molecule has 0 saturated heterocycles. The average Bonchev–Trinajstić information content (AvgIpc) is 2.93. The van der Waals surface area contributed by atoms with Crippen LogP contribution in [0, 0.1) is 0 Å². The Labute approximate surface area is 168 Å². The smallest absolute Gasteiger partial charge is 0.344 e. The first-order valence-electron chi connectivity index (χ1n) is 8.92. The van der Waals surface area contributed by atoms with Crippen LogP contribution in [-0.4, -0.2) is 50.1 Å². The van der Waals surface area contributed by atoms with Gasteiger partial charge in [-0.3, -0.25) is 9.59 Å². The van der Waals surface area contributed by atoms with Gasteiger partial charge in [-0.25, -0.2) is 17.5 Å². The quantitative estimate of drug-likeness (QED) is 0.478. The minimum atomic E-state index is -3.93. The number of fused-ring (bicyclic) bond motifs is 1. The van der Waals surface area contributed by atoms with E-state index < -0.39 is 21.9 Å². The lowest BCUT2D eigenvalue weighted by atomic mass is 10.1. The third kappa shape index (κ3) is 4.29. The number of ether oxygens (including phenoxy) is 2. The zero-order chi connectivity index (χ0) is 21.0. The van der Waals surface area contributed by atoms with E-state index in [0.717, 1.165) is 0 Å². The Morgan fingerprint density at radius 1 is 1.03 bits per heavy atom. The van der Waals surface area contributed by atoms with Crippen molar-refractivity contribution in [2.24, 2.45) is 0 Å². The third-order valence-corrected chi connectivity index (χ3v) is 6.16. The van der Waals surface area contributed by atoms with Crippen molar-refractivity contribution in [2.75, 3.05) is 19.8 Å². The number of sulfonamides is 1. The van der Waals surface area contributed by atoms with Crippen LogP contribution < -0.4 is 4.74 Å². The van der Waals surface area contributed by atoms with Crippen LogP contribution in [0.3, 0.4) is 0 Å². The molecule has 0 saturated carbocycles. The van der Waals surface area contributed by atoms with Gasteiger partial charge in [0, 0.05) is 12.0 Å². The van der Waals surface area contributed by atoms with E-state index in [2.05, 4.69) is 0 Å². The van der Waals surface area contributed by atoms with Crippen LogP contribution in [0.1, 0.15) is 34.1 Å². The van der Waals surface area contributed by atoms with Crippen molar-refractivity contribution in [2.45, 2.75) is 18.2 Å². The van der Waals surface area contributed by atoms with E-state index in [1.165, 1.54) is 18.2 Å². The highest BCUT2D eigenvalue weighted by Gasteiger charge is 2.40. The zero-order valence-electron chi connectivity index (χ0n) is 15.7. The highest BCUT2D eigenvalue weighted by molar-refractivity contribution is 7.90. The summed E-state index contributed by atoms with van der Waals surface area (Å²) >= 11 is 0. The summed E-state index contributed by atoms with van der Waals surface area (Å²) in [6, 6.07) is 12.3. The fourth-order valence-corrected chi connectivity index (χ4v) is 4.37. The molecular weight excluding hydrogens is 398 g/mol. The Morgan fingerprint density at radius 2 is 1.72 bits per heavy atom.